The molecule has 2 aromatic carbocycles. The van der Waals surface area contributed by atoms with Crippen LogP contribution in [0.25, 0.3) is 0 Å². The molecular weight excluding hydrogens is 691 g/mol. The predicted molar refractivity (Wildman–Crippen MR) is 155 cm³/mol. The fourth-order valence-electron chi connectivity index (χ4n) is 6.88. The average Bonchev–Trinajstić information content (AvgIpc) is 3.27. The van der Waals surface area contributed by atoms with Crippen molar-refractivity contribution >= 4 is 84.4 Å². The number of aromatic hydroxyl groups is 1. The topological polar surface area (TPSA) is 104 Å². The van der Waals surface area contributed by atoms with Gasteiger partial charge in [-0.3, -0.25) is 29.0 Å². The molecule has 2 saturated heterocycles. The number of benzene rings is 2. The lowest BCUT2D eigenvalue weighted by Crippen LogP contribution is -2.60. The molecule has 1 N–H and O–H groups in total. The zero-order valence-corrected chi connectivity index (χ0v) is 25.6. The minimum absolute atomic E-state index is 0.130. The van der Waals surface area contributed by atoms with E-state index in [4.69, 9.17) is 27.9 Å². The number of halogens is 4. The molecule has 4 amide bonds. The van der Waals surface area contributed by atoms with Crippen molar-refractivity contribution in [3.8, 4) is 11.5 Å². The van der Waals surface area contributed by atoms with Gasteiger partial charge in [-0.15, -0.1) is 23.2 Å². The summed E-state index contributed by atoms with van der Waals surface area (Å²) in [5.41, 5.74) is 1.15. The van der Waals surface area contributed by atoms with Gasteiger partial charge in [0.1, 0.15) is 0 Å². The van der Waals surface area contributed by atoms with Crippen LogP contribution in [0.5, 0.6) is 11.5 Å². The van der Waals surface area contributed by atoms with E-state index in [0.29, 0.717) is 11.3 Å². The third kappa shape index (κ3) is 3.48. The minimum atomic E-state index is -2.00. The van der Waals surface area contributed by atoms with Gasteiger partial charge in [0.2, 0.25) is 11.8 Å². The maximum atomic E-state index is 14.0. The van der Waals surface area contributed by atoms with Crippen LogP contribution in [-0.4, -0.2) is 55.9 Å². The Morgan fingerprint density at radius 3 is 2.38 bits per heavy atom. The van der Waals surface area contributed by atoms with Crippen LogP contribution in [0, 0.1) is 17.8 Å². The maximum absolute atomic E-state index is 14.0. The van der Waals surface area contributed by atoms with Gasteiger partial charge in [0, 0.05) is 16.0 Å². The van der Waals surface area contributed by atoms with Gasteiger partial charge in [0.25, 0.3) is 11.8 Å². The molecule has 0 bridgehead atoms. The Morgan fingerprint density at radius 2 is 1.73 bits per heavy atom. The summed E-state index contributed by atoms with van der Waals surface area (Å²) in [5.74, 6) is -5.51. The first-order chi connectivity index (χ1) is 19.0. The average molecular weight is 713 g/mol. The van der Waals surface area contributed by atoms with E-state index >= 15 is 0 Å². The number of allylic oxidation sites excluding steroid dienone is 2. The standard InChI is InChI=1S/C28H22Br2Cl2N2O6/c1-40-19-4-2-3-17(22(19)35)21-15-9-10-16-20(24(37)34(23(16)36)14-7-5-13(30)6-8-14)18(15)11-27(31)25(38)33(12-29)26(39)28(21,27)32/h2-9,16,18,20-21,35H,10-12H2,1H3. The van der Waals surface area contributed by atoms with Gasteiger partial charge in [0.05, 0.1) is 30.1 Å². The summed E-state index contributed by atoms with van der Waals surface area (Å²) in [6, 6.07) is 11.7. The number of carbonyl (C=O) groups excluding carboxylic acids is 4. The smallest absolute Gasteiger partial charge is 0.254 e. The zero-order chi connectivity index (χ0) is 28.7. The molecule has 2 aromatic rings. The second-order valence-electron chi connectivity index (χ2n) is 10.4. The van der Waals surface area contributed by atoms with Gasteiger partial charge in [0.15, 0.2) is 21.2 Å². The number of hydrogen-bond donors (Lipinski definition) is 1. The first-order valence-corrected chi connectivity index (χ1v) is 15.2. The number of likely N-dealkylation sites (tertiary alicyclic amines) is 1. The number of amides is 4. The number of alkyl halides is 3. The molecule has 3 fully saturated rings. The highest BCUT2D eigenvalue weighted by Crippen LogP contribution is 2.66. The number of imide groups is 2. The van der Waals surface area contributed by atoms with Crippen molar-refractivity contribution in [2.75, 3.05) is 17.5 Å². The normalized spacial score (nSPS) is 33.1. The molecule has 6 atom stereocenters. The monoisotopic (exact) mass is 710 g/mol. The summed E-state index contributed by atoms with van der Waals surface area (Å²) < 4.78 is 6.12. The lowest BCUT2D eigenvalue weighted by atomic mass is 9.56. The second-order valence-corrected chi connectivity index (χ2v) is 13.0. The number of anilines is 1. The highest BCUT2D eigenvalue weighted by Gasteiger charge is 2.76. The third-order valence-corrected chi connectivity index (χ3v) is 11.1. The summed E-state index contributed by atoms with van der Waals surface area (Å²) in [6.45, 7) is 0. The van der Waals surface area contributed by atoms with Crippen molar-refractivity contribution in [3.63, 3.8) is 0 Å². The van der Waals surface area contributed by atoms with E-state index in [-0.39, 0.29) is 41.3 Å². The molecule has 1 saturated carbocycles. The first-order valence-electron chi connectivity index (χ1n) is 12.5. The Bertz CT molecular complexity index is 1520. The largest absolute Gasteiger partial charge is 0.504 e. The van der Waals surface area contributed by atoms with E-state index in [1.54, 1.807) is 42.5 Å². The summed E-state index contributed by atoms with van der Waals surface area (Å²) in [4.78, 5) is 53.3. The van der Waals surface area contributed by atoms with E-state index in [0.717, 1.165) is 9.37 Å². The lowest BCUT2D eigenvalue weighted by molar-refractivity contribution is -0.138. The second kappa shape index (κ2) is 9.58. The van der Waals surface area contributed by atoms with Gasteiger partial charge in [-0.1, -0.05) is 55.6 Å². The summed E-state index contributed by atoms with van der Waals surface area (Å²) in [6.07, 6.45) is 1.91. The maximum Gasteiger partial charge on any atom is 0.254 e. The molecule has 8 nitrogen and oxygen atoms in total. The van der Waals surface area contributed by atoms with Crippen molar-refractivity contribution in [1.29, 1.82) is 0 Å². The van der Waals surface area contributed by atoms with Gasteiger partial charge in [-0.05, 0) is 49.1 Å². The Hall–Kier alpha value is -2.40. The van der Waals surface area contributed by atoms with Crippen LogP contribution in [-0.2, 0) is 19.2 Å². The van der Waals surface area contributed by atoms with Crippen LogP contribution in [0.1, 0.15) is 24.3 Å². The van der Waals surface area contributed by atoms with E-state index < -0.39 is 51.1 Å². The Morgan fingerprint density at radius 1 is 1.02 bits per heavy atom. The molecule has 2 aliphatic carbocycles. The van der Waals surface area contributed by atoms with Gasteiger partial charge in [-0.25, -0.2) is 0 Å². The number of para-hydroxylation sites is 1. The highest BCUT2D eigenvalue weighted by molar-refractivity contribution is 9.10. The SMILES string of the molecule is COc1cccc(C2C3=CCC4C(=O)N(c5ccc(Br)cc5)C(=O)C4C3CC3(Cl)C(=O)N(CBr)C(=O)C23Cl)c1O. The lowest BCUT2D eigenvalue weighted by Gasteiger charge is -2.50. The molecule has 12 heteroatoms. The number of phenols is 1. The van der Waals surface area contributed by atoms with Gasteiger partial charge >= 0.3 is 0 Å². The first kappa shape index (κ1) is 27.8. The van der Waals surface area contributed by atoms with Crippen LogP contribution in [0.2, 0.25) is 0 Å². The van der Waals surface area contributed by atoms with Gasteiger partial charge < -0.3 is 9.84 Å². The number of ether oxygens (including phenoxy) is 1. The molecular formula is C28H22Br2Cl2N2O6. The number of rotatable bonds is 4. The van der Waals surface area contributed by atoms with Crippen LogP contribution in [0.4, 0.5) is 5.69 Å². The quantitative estimate of drug-likeness (QED) is 0.205. The van der Waals surface area contributed by atoms with Crippen LogP contribution in [0.3, 0.4) is 0 Å². The van der Waals surface area contributed by atoms with E-state index in [9.17, 15) is 24.3 Å². The number of nitrogens with zero attached hydrogens (tertiary/aromatic N) is 2. The fourth-order valence-corrected chi connectivity index (χ4v) is 8.56. The van der Waals surface area contributed by atoms with Crippen LogP contribution in [0.15, 0.2) is 58.6 Å². The molecule has 6 unspecified atom stereocenters. The third-order valence-electron chi connectivity index (χ3n) is 8.66. The number of carbonyl (C=O) groups is 4. The van der Waals surface area contributed by atoms with Gasteiger partial charge in [-0.2, -0.15) is 0 Å². The van der Waals surface area contributed by atoms with Crippen LogP contribution < -0.4 is 9.64 Å². The van der Waals surface area contributed by atoms with Crippen molar-refractivity contribution in [2.45, 2.75) is 28.5 Å². The summed E-state index contributed by atoms with van der Waals surface area (Å²) >= 11 is 21.0. The molecule has 0 aromatic heterocycles. The Labute approximate surface area is 256 Å². The molecule has 2 heterocycles. The number of phenolic OH excluding ortho intramolecular Hbond substituents is 1. The molecule has 40 heavy (non-hydrogen) atoms. The number of methoxy groups -OCH3 is 1. The molecule has 2 aliphatic heterocycles. The van der Waals surface area contributed by atoms with E-state index in [1.807, 2.05) is 6.08 Å². The summed E-state index contributed by atoms with van der Waals surface area (Å²) in [7, 11) is 1.39. The molecule has 0 spiro atoms. The van der Waals surface area contributed by atoms with E-state index in [1.165, 1.54) is 12.0 Å². The Kier molecular flexibility index (Phi) is 6.64. The predicted octanol–water partition coefficient (Wildman–Crippen LogP) is 5.08. The van der Waals surface area contributed by atoms with Crippen molar-refractivity contribution in [3.05, 3.63) is 64.1 Å². The van der Waals surface area contributed by atoms with Crippen molar-refractivity contribution in [2.24, 2.45) is 17.8 Å². The van der Waals surface area contributed by atoms with Crippen molar-refractivity contribution < 1.29 is 29.0 Å². The van der Waals surface area contributed by atoms with Crippen molar-refractivity contribution in [1.82, 2.24) is 4.90 Å². The van der Waals surface area contributed by atoms with E-state index in [2.05, 4.69) is 31.9 Å². The van der Waals surface area contributed by atoms with Crippen LogP contribution >= 0.6 is 55.1 Å². The molecule has 208 valence electrons. The minimum Gasteiger partial charge on any atom is -0.504 e. The summed E-state index contributed by atoms with van der Waals surface area (Å²) in [5, 5.41) is 11.2. The molecule has 4 aliphatic rings. The highest BCUT2D eigenvalue weighted by atomic mass is 79.9. The Balaban J connectivity index is 1.54. The fraction of sp³-hybridized carbons (Fsp3) is 0.357. The number of hydrogen-bond acceptors (Lipinski definition) is 6. The molecule has 0 radical (unpaired) electrons. The molecule has 6 rings (SSSR count). The number of fused-ring (bicyclic) bond motifs is 4. The zero-order valence-electron chi connectivity index (χ0n) is 20.9.